The molecule has 2 aromatic carbocycles. The van der Waals surface area contributed by atoms with Gasteiger partial charge in [0.05, 0.1) is 22.7 Å². The Morgan fingerprint density at radius 2 is 2.00 bits per heavy atom. The van der Waals surface area contributed by atoms with Gasteiger partial charge >= 0.3 is 0 Å². The molecule has 0 saturated heterocycles. The Bertz CT molecular complexity index is 677. The quantitative estimate of drug-likeness (QED) is 0.648. The molecule has 0 aromatic heterocycles. The van der Waals surface area contributed by atoms with Crippen molar-refractivity contribution in [2.24, 2.45) is 0 Å². The van der Waals surface area contributed by atoms with Gasteiger partial charge in [0.1, 0.15) is 5.75 Å². The lowest BCUT2D eigenvalue weighted by molar-refractivity contribution is -0.384. The van der Waals surface area contributed by atoms with Crippen molar-refractivity contribution in [3.8, 4) is 5.75 Å². The first-order valence-electron chi connectivity index (χ1n) is 6.01. The summed E-state index contributed by atoms with van der Waals surface area (Å²) in [6.07, 6.45) is 0. The van der Waals surface area contributed by atoms with Crippen LogP contribution in [-0.2, 0) is 6.54 Å². The van der Waals surface area contributed by atoms with Crippen LogP contribution in [0.4, 0.5) is 11.4 Å². The summed E-state index contributed by atoms with van der Waals surface area (Å²) in [5, 5.41) is 14.7. The normalized spacial score (nSPS) is 10.2. The van der Waals surface area contributed by atoms with Gasteiger partial charge in [-0.25, -0.2) is 0 Å². The minimum atomic E-state index is -0.483. The average Bonchev–Trinajstić information content (AvgIpc) is 2.46. The fourth-order valence-corrected chi connectivity index (χ4v) is 2.22. The molecule has 0 heterocycles. The van der Waals surface area contributed by atoms with Crippen LogP contribution >= 0.6 is 23.2 Å². The van der Waals surface area contributed by atoms with Crippen molar-refractivity contribution < 1.29 is 9.66 Å². The van der Waals surface area contributed by atoms with E-state index in [1.54, 1.807) is 31.4 Å². The third kappa shape index (κ3) is 3.77. The molecule has 0 aliphatic carbocycles. The number of nitrogens with zero attached hydrogens (tertiary/aromatic N) is 1. The van der Waals surface area contributed by atoms with Gasteiger partial charge in [0.2, 0.25) is 0 Å². The Labute approximate surface area is 131 Å². The first kappa shape index (κ1) is 15.4. The van der Waals surface area contributed by atoms with Crippen molar-refractivity contribution in [1.29, 1.82) is 0 Å². The van der Waals surface area contributed by atoms with Crippen LogP contribution in [0.2, 0.25) is 10.0 Å². The second kappa shape index (κ2) is 6.65. The molecule has 2 rings (SSSR count). The van der Waals surface area contributed by atoms with Gasteiger partial charge < -0.3 is 10.1 Å². The number of nitrogens with one attached hydrogen (secondary N) is 1. The molecule has 0 fully saturated rings. The van der Waals surface area contributed by atoms with Crippen LogP contribution in [0.15, 0.2) is 36.4 Å². The summed E-state index contributed by atoms with van der Waals surface area (Å²) in [6.45, 7) is 0.396. The molecular formula is C14H12Cl2N2O3. The topological polar surface area (TPSA) is 64.4 Å². The summed E-state index contributed by atoms with van der Waals surface area (Å²) >= 11 is 12.0. The number of anilines is 1. The van der Waals surface area contributed by atoms with Crippen LogP contribution in [0, 0.1) is 10.1 Å². The monoisotopic (exact) mass is 326 g/mol. The molecule has 0 unspecified atom stereocenters. The van der Waals surface area contributed by atoms with Gasteiger partial charge in [0, 0.05) is 23.7 Å². The maximum absolute atomic E-state index is 10.7. The fraction of sp³-hybridized carbons (Fsp3) is 0.143. The van der Waals surface area contributed by atoms with E-state index in [0.29, 0.717) is 22.3 Å². The summed E-state index contributed by atoms with van der Waals surface area (Å²) in [6, 6.07) is 9.57. The van der Waals surface area contributed by atoms with E-state index in [9.17, 15) is 10.1 Å². The number of ether oxygens (including phenoxy) is 1. The SMILES string of the molecule is COc1ccc(Cl)cc1NCc1ccc([N+](=O)[O-])cc1Cl. The zero-order valence-corrected chi connectivity index (χ0v) is 12.6. The van der Waals surface area contributed by atoms with Crippen LogP contribution in [0.1, 0.15) is 5.56 Å². The molecule has 0 radical (unpaired) electrons. The molecule has 0 aliphatic heterocycles. The molecule has 5 nitrogen and oxygen atoms in total. The smallest absolute Gasteiger partial charge is 0.270 e. The highest BCUT2D eigenvalue weighted by atomic mass is 35.5. The maximum Gasteiger partial charge on any atom is 0.270 e. The van der Waals surface area contributed by atoms with E-state index in [0.717, 1.165) is 11.3 Å². The molecule has 0 atom stereocenters. The first-order valence-corrected chi connectivity index (χ1v) is 6.77. The van der Waals surface area contributed by atoms with Gasteiger partial charge in [0.25, 0.3) is 5.69 Å². The minimum absolute atomic E-state index is 0.0379. The Morgan fingerprint density at radius 1 is 1.24 bits per heavy atom. The highest BCUT2D eigenvalue weighted by molar-refractivity contribution is 6.31. The standard InChI is InChI=1S/C14H12Cl2N2O3/c1-21-14-5-3-10(15)6-13(14)17-8-9-2-4-11(18(19)20)7-12(9)16/h2-7,17H,8H2,1H3. The largest absolute Gasteiger partial charge is 0.495 e. The summed E-state index contributed by atoms with van der Waals surface area (Å²) < 4.78 is 5.23. The van der Waals surface area contributed by atoms with Crippen molar-refractivity contribution in [3.05, 3.63) is 62.1 Å². The molecule has 0 saturated carbocycles. The molecule has 1 N–H and O–H groups in total. The van der Waals surface area contributed by atoms with Gasteiger partial charge in [-0.05, 0) is 29.8 Å². The molecule has 7 heteroatoms. The van der Waals surface area contributed by atoms with E-state index < -0.39 is 4.92 Å². The molecule has 0 amide bonds. The third-order valence-electron chi connectivity index (χ3n) is 2.88. The first-order chi connectivity index (χ1) is 10.0. The van der Waals surface area contributed by atoms with Gasteiger partial charge in [-0.2, -0.15) is 0 Å². The van der Waals surface area contributed by atoms with Crippen LogP contribution < -0.4 is 10.1 Å². The predicted molar refractivity (Wildman–Crippen MR) is 83.4 cm³/mol. The zero-order chi connectivity index (χ0) is 15.4. The molecule has 0 aliphatic rings. The lowest BCUT2D eigenvalue weighted by Crippen LogP contribution is -2.02. The van der Waals surface area contributed by atoms with E-state index in [4.69, 9.17) is 27.9 Å². The molecule has 0 spiro atoms. The summed E-state index contributed by atoms with van der Waals surface area (Å²) in [7, 11) is 1.56. The van der Waals surface area contributed by atoms with Gasteiger partial charge in [0.15, 0.2) is 0 Å². The highest BCUT2D eigenvalue weighted by Gasteiger charge is 2.10. The van der Waals surface area contributed by atoms with Crippen LogP contribution in [0.3, 0.4) is 0 Å². The number of nitro benzene ring substituents is 1. The van der Waals surface area contributed by atoms with Crippen LogP contribution in [0.5, 0.6) is 5.75 Å². The molecule has 0 bridgehead atoms. The number of methoxy groups -OCH3 is 1. The van der Waals surface area contributed by atoms with Crippen molar-refractivity contribution in [1.82, 2.24) is 0 Å². The maximum atomic E-state index is 10.7. The predicted octanol–water partition coefficient (Wildman–Crippen LogP) is 4.52. The molecular weight excluding hydrogens is 315 g/mol. The van der Waals surface area contributed by atoms with Gasteiger partial charge in [-0.15, -0.1) is 0 Å². The second-order valence-electron chi connectivity index (χ2n) is 4.23. The summed E-state index contributed by atoms with van der Waals surface area (Å²) in [5.74, 6) is 0.650. The number of rotatable bonds is 5. The van der Waals surface area contributed by atoms with Gasteiger partial charge in [-0.3, -0.25) is 10.1 Å². The number of halogens is 2. The third-order valence-corrected chi connectivity index (χ3v) is 3.47. The Hall–Kier alpha value is -1.98. The highest BCUT2D eigenvalue weighted by Crippen LogP contribution is 2.29. The van der Waals surface area contributed by atoms with E-state index in [1.165, 1.54) is 12.1 Å². The molecule has 21 heavy (non-hydrogen) atoms. The summed E-state index contributed by atoms with van der Waals surface area (Å²) in [4.78, 5) is 10.2. The summed E-state index contributed by atoms with van der Waals surface area (Å²) in [5.41, 5.74) is 1.42. The van der Waals surface area contributed by atoms with Crippen molar-refractivity contribution in [3.63, 3.8) is 0 Å². The molecule has 110 valence electrons. The number of hydrogen-bond acceptors (Lipinski definition) is 4. The van der Waals surface area contributed by atoms with Gasteiger partial charge in [-0.1, -0.05) is 23.2 Å². The fourth-order valence-electron chi connectivity index (χ4n) is 1.80. The lowest BCUT2D eigenvalue weighted by Gasteiger charge is -2.12. The van der Waals surface area contributed by atoms with E-state index in [-0.39, 0.29) is 5.69 Å². The zero-order valence-electron chi connectivity index (χ0n) is 11.1. The Balaban J connectivity index is 2.17. The van der Waals surface area contributed by atoms with Crippen molar-refractivity contribution in [2.45, 2.75) is 6.54 Å². The van der Waals surface area contributed by atoms with Crippen LogP contribution in [-0.4, -0.2) is 12.0 Å². The number of nitro groups is 1. The van der Waals surface area contributed by atoms with E-state index >= 15 is 0 Å². The number of benzene rings is 2. The van der Waals surface area contributed by atoms with E-state index in [2.05, 4.69) is 5.32 Å². The lowest BCUT2D eigenvalue weighted by atomic mass is 10.2. The van der Waals surface area contributed by atoms with Crippen LogP contribution in [0.25, 0.3) is 0 Å². The minimum Gasteiger partial charge on any atom is -0.495 e. The number of non-ortho nitro benzene ring substituents is 1. The van der Waals surface area contributed by atoms with E-state index in [1.807, 2.05) is 0 Å². The Morgan fingerprint density at radius 3 is 2.62 bits per heavy atom. The second-order valence-corrected chi connectivity index (χ2v) is 5.07. The van der Waals surface area contributed by atoms with Crippen molar-refractivity contribution >= 4 is 34.6 Å². The average molecular weight is 327 g/mol. The van der Waals surface area contributed by atoms with Crippen molar-refractivity contribution in [2.75, 3.05) is 12.4 Å². The molecule has 2 aromatic rings. The Kier molecular flexibility index (Phi) is 4.88. The number of hydrogen-bond donors (Lipinski definition) is 1.